The van der Waals surface area contributed by atoms with Crippen molar-refractivity contribution in [3.63, 3.8) is 0 Å². The summed E-state index contributed by atoms with van der Waals surface area (Å²) in [6, 6.07) is 6.90. The molecule has 2 aromatic rings. The zero-order valence-corrected chi connectivity index (χ0v) is 13.9. The van der Waals surface area contributed by atoms with E-state index in [-0.39, 0.29) is 0 Å². The summed E-state index contributed by atoms with van der Waals surface area (Å²) in [4.78, 5) is 3.39. The second-order valence-electron chi connectivity index (χ2n) is 6.57. The minimum Gasteiger partial charge on any atom is -0.361 e. The van der Waals surface area contributed by atoms with Gasteiger partial charge in [-0.1, -0.05) is 35.0 Å². The minimum atomic E-state index is 0.553. The number of nitrogens with zero attached hydrogens (tertiary/aromatic N) is 1. The van der Waals surface area contributed by atoms with Crippen molar-refractivity contribution in [1.29, 1.82) is 0 Å². The van der Waals surface area contributed by atoms with E-state index in [1.807, 2.05) is 0 Å². The molecule has 20 heavy (non-hydrogen) atoms. The number of H-pyrrole nitrogens is 1. The molecule has 1 aromatic carbocycles. The van der Waals surface area contributed by atoms with E-state index in [0.717, 1.165) is 10.9 Å². The number of aromatic nitrogens is 1. The number of fused-ring (bicyclic) bond motifs is 1. The molecule has 106 valence electrons. The third-order valence-electron chi connectivity index (χ3n) is 4.48. The largest absolute Gasteiger partial charge is 0.361 e. The van der Waals surface area contributed by atoms with Crippen LogP contribution in [-0.4, -0.2) is 36.1 Å². The van der Waals surface area contributed by atoms with Crippen LogP contribution in [0.15, 0.2) is 41.0 Å². The zero-order chi connectivity index (χ0) is 14.3. The van der Waals surface area contributed by atoms with Crippen LogP contribution in [0.5, 0.6) is 0 Å². The van der Waals surface area contributed by atoms with E-state index in [1.54, 1.807) is 0 Å². The summed E-state index contributed by atoms with van der Waals surface area (Å²) < 4.78 is 2.25. The molecule has 0 fully saturated rings. The predicted molar refractivity (Wildman–Crippen MR) is 88.8 cm³/mol. The first-order valence-electron chi connectivity index (χ1n) is 7.23. The molecule has 2 nitrogen and oxygen atoms in total. The summed E-state index contributed by atoms with van der Waals surface area (Å²) in [5, 5.41) is 1.33. The highest BCUT2D eigenvalue weighted by Gasteiger charge is 2.31. The molecule has 0 amide bonds. The van der Waals surface area contributed by atoms with Crippen LogP contribution >= 0.6 is 15.9 Å². The van der Waals surface area contributed by atoms with Crippen molar-refractivity contribution in [3.8, 4) is 0 Å². The van der Waals surface area contributed by atoms with Gasteiger partial charge in [0.2, 0.25) is 0 Å². The van der Waals surface area contributed by atoms with E-state index in [4.69, 9.17) is 0 Å². The lowest BCUT2D eigenvalue weighted by molar-refractivity contribution is -0.912. The summed E-state index contributed by atoms with van der Waals surface area (Å²) in [5.74, 6) is 0.677. The maximum absolute atomic E-state index is 3.69. The Kier molecular flexibility index (Phi) is 3.51. The Morgan fingerprint density at radius 1 is 1.30 bits per heavy atom. The molecule has 2 atom stereocenters. The second kappa shape index (κ2) is 5.05. The Bertz CT molecular complexity index is 654. The highest BCUT2D eigenvalue weighted by atomic mass is 79.9. The smallest absolute Gasteiger partial charge is 0.111 e. The average Bonchev–Trinajstić information content (AvgIpc) is 2.77. The fourth-order valence-corrected chi connectivity index (χ4v) is 4.02. The van der Waals surface area contributed by atoms with Crippen molar-refractivity contribution in [2.75, 3.05) is 20.6 Å². The van der Waals surface area contributed by atoms with Crippen LogP contribution in [0.4, 0.5) is 0 Å². The van der Waals surface area contributed by atoms with Crippen LogP contribution < -0.4 is 0 Å². The fourth-order valence-electron chi connectivity index (χ4n) is 3.40. The molecule has 0 radical (unpaired) electrons. The molecule has 1 N–H and O–H groups in total. The van der Waals surface area contributed by atoms with Crippen molar-refractivity contribution >= 4 is 26.8 Å². The van der Waals surface area contributed by atoms with E-state index in [9.17, 15) is 0 Å². The van der Waals surface area contributed by atoms with Gasteiger partial charge in [-0.2, -0.15) is 0 Å². The molecule has 3 rings (SSSR count). The van der Waals surface area contributed by atoms with Crippen molar-refractivity contribution in [2.24, 2.45) is 5.92 Å². The molecule has 0 saturated heterocycles. The van der Waals surface area contributed by atoms with Gasteiger partial charge in [0.05, 0.1) is 20.6 Å². The molecule has 1 aliphatic rings. The van der Waals surface area contributed by atoms with Crippen molar-refractivity contribution in [3.05, 3.63) is 46.6 Å². The number of nitrogens with one attached hydrogen (secondary N) is 1. The molecule has 2 unspecified atom stereocenters. The fraction of sp³-hybridized carbons (Fsp3) is 0.412. The highest BCUT2D eigenvalue weighted by Crippen LogP contribution is 2.30. The molecular formula is C17H22BrN2+. The van der Waals surface area contributed by atoms with Gasteiger partial charge in [-0.05, 0) is 23.8 Å². The van der Waals surface area contributed by atoms with Crippen LogP contribution in [0.1, 0.15) is 12.5 Å². The number of quaternary nitrogens is 1. The molecule has 2 heterocycles. The van der Waals surface area contributed by atoms with E-state index < -0.39 is 0 Å². The molecule has 0 saturated carbocycles. The SMILES string of the molecule is CC1C=CC(Cc2c[nH]c3cccc(Br)c23)[N+](C)(C)C1. The van der Waals surface area contributed by atoms with Gasteiger partial charge in [0.1, 0.15) is 6.04 Å². The van der Waals surface area contributed by atoms with Crippen LogP contribution in [0.25, 0.3) is 10.9 Å². The van der Waals surface area contributed by atoms with Gasteiger partial charge in [-0.25, -0.2) is 0 Å². The number of likely N-dealkylation sites (N-methyl/N-ethyl adjacent to an activating group) is 1. The Labute approximate surface area is 129 Å². The lowest BCUT2D eigenvalue weighted by Crippen LogP contribution is -2.53. The standard InChI is InChI=1S/C17H22BrN2/c1-12-7-8-14(20(2,3)11-12)9-13-10-19-16-6-4-5-15(18)17(13)16/h4-8,10,12,14,19H,9,11H2,1-3H3/q+1. The van der Waals surface area contributed by atoms with Gasteiger partial charge in [-0.15, -0.1) is 0 Å². The number of rotatable bonds is 2. The van der Waals surface area contributed by atoms with Crippen LogP contribution in [0.2, 0.25) is 0 Å². The first-order chi connectivity index (χ1) is 9.47. The summed E-state index contributed by atoms with van der Waals surface area (Å²) in [5.41, 5.74) is 2.62. The quantitative estimate of drug-likeness (QED) is 0.628. The lowest BCUT2D eigenvalue weighted by Gasteiger charge is -2.41. The monoisotopic (exact) mass is 333 g/mol. The van der Waals surface area contributed by atoms with Crippen molar-refractivity contribution in [1.82, 2.24) is 4.98 Å². The average molecular weight is 334 g/mol. The van der Waals surface area contributed by atoms with Crippen molar-refractivity contribution < 1.29 is 4.48 Å². The normalized spacial score (nSPS) is 25.2. The number of benzene rings is 1. The number of aromatic amines is 1. The van der Waals surface area contributed by atoms with Gasteiger partial charge in [-0.3, -0.25) is 0 Å². The summed E-state index contributed by atoms with van der Waals surface area (Å²) in [6.07, 6.45) is 8.03. The highest BCUT2D eigenvalue weighted by molar-refractivity contribution is 9.10. The van der Waals surface area contributed by atoms with Crippen LogP contribution in [0, 0.1) is 5.92 Å². The Hall–Kier alpha value is -1.06. The van der Waals surface area contributed by atoms with Gasteiger partial charge < -0.3 is 9.47 Å². The van der Waals surface area contributed by atoms with Crippen molar-refractivity contribution in [2.45, 2.75) is 19.4 Å². The third-order valence-corrected chi connectivity index (χ3v) is 5.14. The van der Waals surface area contributed by atoms with Gasteiger partial charge in [0, 0.05) is 33.9 Å². The zero-order valence-electron chi connectivity index (χ0n) is 12.4. The lowest BCUT2D eigenvalue weighted by atomic mass is 9.95. The minimum absolute atomic E-state index is 0.553. The first kappa shape index (κ1) is 13.9. The van der Waals surface area contributed by atoms with E-state index in [1.165, 1.54) is 27.5 Å². The molecule has 0 aliphatic carbocycles. The molecule has 1 aliphatic heterocycles. The van der Waals surface area contributed by atoms with E-state index >= 15 is 0 Å². The first-order valence-corrected chi connectivity index (χ1v) is 8.02. The Morgan fingerprint density at radius 3 is 2.85 bits per heavy atom. The van der Waals surface area contributed by atoms with E-state index in [2.05, 4.69) is 78.5 Å². The topological polar surface area (TPSA) is 15.8 Å². The summed E-state index contributed by atoms with van der Waals surface area (Å²) in [7, 11) is 4.68. The summed E-state index contributed by atoms with van der Waals surface area (Å²) >= 11 is 3.69. The van der Waals surface area contributed by atoms with Crippen LogP contribution in [-0.2, 0) is 6.42 Å². The van der Waals surface area contributed by atoms with Gasteiger partial charge in [0.15, 0.2) is 0 Å². The molecular weight excluding hydrogens is 312 g/mol. The number of halogens is 1. The van der Waals surface area contributed by atoms with Gasteiger partial charge >= 0.3 is 0 Å². The maximum atomic E-state index is 3.69. The molecule has 0 bridgehead atoms. The number of hydrogen-bond donors (Lipinski definition) is 1. The van der Waals surface area contributed by atoms with E-state index in [0.29, 0.717) is 12.0 Å². The third kappa shape index (κ3) is 2.45. The Morgan fingerprint density at radius 2 is 2.10 bits per heavy atom. The second-order valence-corrected chi connectivity index (χ2v) is 7.43. The summed E-state index contributed by atoms with van der Waals surface area (Å²) in [6.45, 7) is 3.51. The number of hydrogen-bond acceptors (Lipinski definition) is 0. The van der Waals surface area contributed by atoms with Crippen LogP contribution in [0.3, 0.4) is 0 Å². The molecule has 3 heteroatoms. The predicted octanol–water partition coefficient (Wildman–Crippen LogP) is 4.12. The maximum Gasteiger partial charge on any atom is 0.111 e. The van der Waals surface area contributed by atoms with Gasteiger partial charge in [0.25, 0.3) is 0 Å². The molecule has 1 aromatic heterocycles. The Balaban J connectivity index is 1.96. The molecule has 0 spiro atoms.